The lowest BCUT2D eigenvalue weighted by Crippen LogP contribution is -2.20. The predicted octanol–water partition coefficient (Wildman–Crippen LogP) is 5.58. The van der Waals surface area contributed by atoms with Crippen molar-refractivity contribution in [3.05, 3.63) is 100 Å². The zero-order chi connectivity index (χ0) is 23.4. The maximum Gasteiger partial charge on any atom is 0.246 e. The molecule has 4 rings (SSSR count). The first-order chi connectivity index (χ1) is 15.9. The van der Waals surface area contributed by atoms with E-state index in [0.717, 1.165) is 39.6 Å². The Morgan fingerprint density at radius 2 is 1.58 bits per heavy atom. The molecule has 0 saturated heterocycles. The highest BCUT2D eigenvalue weighted by Gasteiger charge is 2.15. The minimum atomic E-state index is -0.179. The van der Waals surface area contributed by atoms with E-state index in [0.29, 0.717) is 11.3 Å². The Hall–Kier alpha value is -3.71. The summed E-state index contributed by atoms with van der Waals surface area (Å²) in [5.41, 5.74) is 6.20. The van der Waals surface area contributed by atoms with Crippen molar-refractivity contribution in [1.82, 2.24) is 14.3 Å². The highest BCUT2D eigenvalue weighted by atomic mass is 32.1. The van der Waals surface area contributed by atoms with E-state index in [2.05, 4.69) is 36.6 Å². The number of anilines is 2. The molecule has 168 valence electrons. The van der Waals surface area contributed by atoms with Crippen LogP contribution in [0.2, 0.25) is 0 Å². The quantitative estimate of drug-likeness (QED) is 0.356. The van der Waals surface area contributed by atoms with Crippen LogP contribution in [0.25, 0.3) is 5.69 Å². The molecular weight excluding hydrogens is 430 g/mol. The summed E-state index contributed by atoms with van der Waals surface area (Å²) >= 11 is 5.73. The van der Waals surface area contributed by atoms with E-state index < -0.39 is 0 Å². The number of hydrogen-bond acceptors (Lipinski definition) is 4. The minimum Gasteiger partial charge on any atom is -0.377 e. The molecule has 4 aromatic rings. The number of rotatable bonds is 7. The molecule has 0 saturated carbocycles. The molecule has 1 amide bonds. The monoisotopic (exact) mass is 457 g/mol. The third-order valence-corrected chi connectivity index (χ3v) is 5.85. The number of nitrogens with one attached hydrogen (secondary N) is 2. The molecule has 2 N–H and O–H groups in total. The van der Waals surface area contributed by atoms with Crippen molar-refractivity contribution in [2.45, 2.75) is 33.9 Å². The van der Waals surface area contributed by atoms with Gasteiger partial charge < -0.3 is 10.6 Å². The molecule has 3 aromatic carbocycles. The maximum absolute atomic E-state index is 12.7. The Morgan fingerprint density at radius 1 is 0.909 bits per heavy atom. The highest BCUT2D eigenvalue weighted by Crippen LogP contribution is 2.21. The summed E-state index contributed by atoms with van der Waals surface area (Å²) in [4.78, 5) is 12.7. The van der Waals surface area contributed by atoms with Crippen LogP contribution in [0.15, 0.2) is 72.8 Å². The molecule has 0 bridgehead atoms. The molecular formula is C26H27N5OS. The highest BCUT2D eigenvalue weighted by molar-refractivity contribution is 7.71. The number of amides is 1. The summed E-state index contributed by atoms with van der Waals surface area (Å²) in [7, 11) is 0. The average Bonchev–Trinajstić information content (AvgIpc) is 3.10. The Bertz CT molecular complexity index is 1300. The van der Waals surface area contributed by atoms with Gasteiger partial charge in [-0.3, -0.25) is 9.36 Å². The van der Waals surface area contributed by atoms with E-state index in [4.69, 9.17) is 17.3 Å². The van der Waals surface area contributed by atoms with Crippen molar-refractivity contribution in [2.75, 3.05) is 10.6 Å². The van der Waals surface area contributed by atoms with Crippen LogP contribution in [0, 0.1) is 25.5 Å². The van der Waals surface area contributed by atoms with Crippen LogP contribution >= 0.6 is 12.2 Å². The zero-order valence-electron chi connectivity index (χ0n) is 19.0. The van der Waals surface area contributed by atoms with Gasteiger partial charge in [0.1, 0.15) is 6.54 Å². The molecule has 1 heterocycles. The maximum atomic E-state index is 12.7. The fourth-order valence-corrected chi connectivity index (χ4v) is 4.06. The van der Waals surface area contributed by atoms with Gasteiger partial charge in [-0.1, -0.05) is 54.1 Å². The smallest absolute Gasteiger partial charge is 0.246 e. The SMILES string of the molecule is Cc1ccc(NC(=O)Cn2nc(CNc3c(C)cccc3C)n(-c3ccccc3)c2=S)cc1. The molecule has 0 spiro atoms. The lowest BCUT2D eigenvalue weighted by Gasteiger charge is -2.13. The largest absolute Gasteiger partial charge is 0.377 e. The van der Waals surface area contributed by atoms with Crippen molar-refractivity contribution in [2.24, 2.45) is 0 Å². The van der Waals surface area contributed by atoms with Crippen LogP contribution in [0.1, 0.15) is 22.5 Å². The van der Waals surface area contributed by atoms with Crippen molar-refractivity contribution in [1.29, 1.82) is 0 Å². The van der Waals surface area contributed by atoms with Gasteiger partial charge >= 0.3 is 0 Å². The lowest BCUT2D eigenvalue weighted by atomic mass is 10.1. The molecule has 0 fully saturated rings. The predicted molar refractivity (Wildman–Crippen MR) is 135 cm³/mol. The molecule has 6 nitrogen and oxygen atoms in total. The van der Waals surface area contributed by atoms with Gasteiger partial charge in [0, 0.05) is 17.1 Å². The summed E-state index contributed by atoms with van der Waals surface area (Å²) < 4.78 is 3.96. The molecule has 7 heteroatoms. The molecule has 0 unspecified atom stereocenters. The molecule has 33 heavy (non-hydrogen) atoms. The van der Waals surface area contributed by atoms with E-state index in [1.807, 2.05) is 72.2 Å². The van der Waals surface area contributed by atoms with E-state index in [-0.39, 0.29) is 12.5 Å². The van der Waals surface area contributed by atoms with Crippen LogP contribution < -0.4 is 10.6 Å². The van der Waals surface area contributed by atoms with Crippen molar-refractivity contribution < 1.29 is 4.79 Å². The molecule has 0 radical (unpaired) electrons. The number of aromatic nitrogens is 3. The Balaban J connectivity index is 1.62. The minimum absolute atomic E-state index is 0.0307. The van der Waals surface area contributed by atoms with Crippen LogP contribution in [0.3, 0.4) is 0 Å². The van der Waals surface area contributed by atoms with Gasteiger partial charge in [0.15, 0.2) is 5.82 Å². The Morgan fingerprint density at radius 3 is 2.24 bits per heavy atom. The van der Waals surface area contributed by atoms with Crippen molar-refractivity contribution in [3.63, 3.8) is 0 Å². The first-order valence-corrected chi connectivity index (χ1v) is 11.2. The third-order valence-electron chi connectivity index (χ3n) is 5.45. The van der Waals surface area contributed by atoms with Crippen molar-refractivity contribution >= 4 is 29.5 Å². The van der Waals surface area contributed by atoms with E-state index in [1.54, 1.807) is 4.68 Å². The summed E-state index contributed by atoms with van der Waals surface area (Å²) in [5, 5.41) is 11.1. The Labute approximate surface area is 198 Å². The number of nitrogens with zero attached hydrogens (tertiary/aromatic N) is 3. The van der Waals surface area contributed by atoms with Gasteiger partial charge in [0.25, 0.3) is 0 Å². The molecule has 0 aliphatic carbocycles. The number of benzene rings is 3. The van der Waals surface area contributed by atoms with Crippen molar-refractivity contribution in [3.8, 4) is 5.69 Å². The number of carbonyl (C=O) groups excluding carboxylic acids is 1. The topological polar surface area (TPSA) is 63.9 Å². The average molecular weight is 458 g/mol. The van der Waals surface area contributed by atoms with Crippen LogP contribution in [0.5, 0.6) is 0 Å². The summed E-state index contributed by atoms with van der Waals surface area (Å²) in [6.45, 7) is 6.66. The summed E-state index contributed by atoms with van der Waals surface area (Å²) in [5.74, 6) is 0.555. The second-order valence-electron chi connectivity index (χ2n) is 8.06. The van der Waals surface area contributed by atoms with Gasteiger partial charge in [-0.2, -0.15) is 5.10 Å². The second-order valence-corrected chi connectivity index (χ2v) is 8.43. The van der Waals surface area contributed by atoms with E-state index in [1.165, 1.54) is 0 Å². The third kappa shape index (κ3) is 5.21. The molecule has 0 atom stereocenters. The zero-order valence-corrected chi connectivity index (χ0v) is 19.8. The standard InChI is InChI=1S/C26H27N5OS/c1-18-12-14-21(15-13-18)28-24(32)17-30-26(33)31(22-10-5-4-6-11-22)23(29-30)16-27-25-19(2)8-7-9-20(25)3/h4-15,27H,16-17H2,1-3H3,(H,28,32). The second kappa shape index (κ2) is 9.83. The van der Waals surface area contributed by atoms with Gasteiger partial charge in [0.2, 0.25) is 10.7 Å². The van der Waals surface area contributed by atoms with Gasteiger partial charge in [-0.25, -0.2) is 4.68 Å². The first kappa shape index (κ1) is 22.5. The Kier molecular flexibility index (Phi) is 6.70. The van der Waals surface area contributed by atoms with Crippen LogP contribution in [-0.4, -0.2) is 20.3 Å². The number of carbonyl (C=O) groups is 1. The number of para-hydroxylation sites is 2. The van der Waals surface area contributed by atoms with Crippen LogP contribution in [-0.2, 0) is 17.9 Å². The van der Waals surface area contributed by atoms with Gasteiger partial charge in [0.05, 0.1) is 6.54 Å². The summed E-state index contributed by atoms with van der Waals surface area (Å²) in [6.07, 6.45) is 0. The lowest BCUT2D eigenvalue weighted by molar-refractivity contribution is -0.116. The van der Waals surface area contributed by atoms with Crippen LogP contribution in [0.4, 0.5) is 11.4 Å². The normalized spacial score (nSPS) is 10.8. The van der Waals surface area contributed by atoms with Gasteiger partial charge in [-0.15, -0.1) is 0 Å². The number of aryl methyl sites for hydroxylation is 3. The summed E-state index contributed by atoms with van der Waals surface area (Å²) in [6, 6.07) is 23.7. The number of hydrogen-bond donors (Lipinski definition) is 2. The molecule has 0 aliphatic heterocycles. The fourth-order valence-electron chi connectivity index (χ4n) is 3.74. The fraction of sp³-hybridized carbons (Fsp3) is 0.192. The van der Waals surface area contributed by atoms with Gasteiger partial charge in [-0.05, 0) is 68.4 Å². The van der Waals surface area contributed by atoms with E-state index >= 15 is 0 Å². The molecule has 0 aliphatic rings. The first-order valence-electron chi connectivity index (χ1n) is 10.8. The van der Waals surface area contributed by atoms with E-state index in [9.17, 15) is 4.79 Å². The molecule has 1 aromatic heterocycles.